The van der Waals surface area contributed by atoms with Gasteiger partial charge in [0.2, 0.25) is 0 Å². The minimum Gasteiger partial charge on any atom is -0.376 e. The van der Waals surface area contributed by atoms with Crippen molar-refractivity contribution in [3.63, 3.8) is 0 Å². The topological polar surface area (TPSA) is 38.0 Å². The van der Waals surface area contributed by atoms with Crippen LogP contribution in [-0.2, 0) is 6.54 Å². The third kappa shape index (κ3) is 2.68. The molecule has 0 spiro atoms. The molecular formula is C8H9ClN2S. The Morgan fingerprint density at radius 3 is 2.75 bits per heavy atom. The Hall–Kier alpha value is -0.800. The average Bonchev–Trinajstić information content (AvgIpc) is 2.03. The van der Waals surface area contributed by atoms with E-state index in [4.69, 9.17) is 17.3 Å². The van der Waals surface area contributed by atoms with E-state index >= 15 is 0 Å². The lowest BCUT2D eigenvalue weighted by molar-refractivity contribution is 0.920. The number of thiocarbonyl (C=S) groups is 1. The van der Waals surface area contributed by atoms with E-state index in [0.29, 0.717) is 6.54 Å². The molecule has 0 bridgehead atoms. The van der Waals surface area contributed by atoms with Gasteiger partial charge in [0.25, 0.3) is 0 Å². The molecule has 1 rings (SSSR count). The van der Waals surface area contributed by atoms with Gasteiger partial charge in [-0.25, -0.2) is 0 Å². The molecule has 12 heavy (non-hydrogen) atoms. The Balaban J connectivity index is 2.63. The number of hydrogen-bond acceptors (Lipinski definition) is 1. The van der Waals surface area contributed by atoms with Gasteiger partial charge in [0, 0.05) is 11.6 Å². The lowest BCUT2D eigenvalue weighted by Crippen LogP contribution is -2.28. The number of benzene rings is 1. The van der Waals surface area contributed by atoms with Crippen LogP contribution in [0.2, 0.25) is 5.02 Å². The van der Waals surface area contributed by atoms with Crippen LogP contribution in [0.15, 0.2) is 24.3 Å². The second kappa shape index (κ2) is 4.28. The normalized spacial score (nSPS) is 9.42. The molecule has 3 N–H and O–H groups in total. The fourth-order valence-corrected chi connectivity index (χ4v) is 1.10. The summed E-state index contributed by atoms with van der Waals surface area (Å²) in [7, 11) is 0. The highest BCUT2D eigenvalue weighted by Crippen LogP contribution is 2.13. The maximum atomic E-state index is 5.88. The van der Waals surface area contributed by atoms with E-state index in [1.807, 2.05) is 24.3 Å². The van der Waals surface area contributed by atoms with Crippen molar-refractivity contribution in [2.75, 3.05) is 0 Å². The predicted octanol–water partition coefficient (Wildman–Crippen LogP) is 1.67. The molecule has 2 nitrogen and oxygen atoms in total. The summed E-state index contributed by atoms with van der Waals surface area (Å²) in [4.78, 5) is 0. The number of rotatable bonds is 2. The molecule has 0 heterocycles. The summed E-state index contributed by atoms with van der Waals surface area (Å²) in [6.07, 6.45) is 0. The first kappa shape index (κ1) is 9.29. The third-order valence-electron chi connectivity index (χ3n) is 1.41. The lowest BCUT2D eigenvalue weighted by Gasteiger charge is -2.04. The van der Waals surface area contributed by atoms with Gasteiger partial charge in [-0.15, -0.1) is 0 Å². The van der Waals surface area contributed by atoms with Crippen LogP contribution >= 0.6 is 23.8 Å². The van der Waals surface area contributed by atoms with E-state index < -0.39 is 0 Å². The van der Waals surface area contributed by atoms with Crippen LogP contribution in [0.5, 0.6) is 0 Å². The molecule has 0 radical (unpaired) electrons. The Kier molecular flexibility index (Phi) is 3.31. The minimum absolute atomic E-state index is 0.287. The summed E-state index contributed by atoms with van der Waals surface area (Å²) in [5, 5.41) is 3.84. The highest BCUT2D eigenvalue weighted by atomic mass is 35.5. The molecule has 0 aliphatic rings. The summed E-state index contributed by atoms with van der Waals surface area (Å²) in [5.41, 5.74) is 6.26. The lowest BCUT2D eigenvalue weighted by atomic mass is 10.2. The number of halogens is 1. The van der Waals surface area contributed by atoms with Crippen LogP contribution < -0.4 is 11.1 Å². The monoisotopic (exact) mass is 200 g/mol. The predicted molar refractivity (Wildman–Crippen MR) is 55.1 cm³/mol. The summed E-state index contributed by atoms with van der Waals surface area (Å²) >= 11 is 10.5. The smallest absolute Gasteiger partial charge is 0.163 e. The quantitative estimate of drug-likeness (QED) is 0.714. The van der Waals surface area contributed by atoms with E-state index in [2.05, 4.69) is 17.5 Å². The average molecular weight is 201 g/mol. The molecule has 0 saturated carbocycles. The molecule has 0 fully saturated rings. The van der Waals surface area contributed by atoms with Crippen molar-refractivity contribution >= 4 is 28.9 Å². The molecule has 0 aromatic heterocycles. The summed E-state index contributed by atoms with van der Waals surface area (Å²) < 4.78 is 0. The SMILES string of the molecule is NC(=S)NCc1ccccc1Cl. The minimum atomic E-state index is 0.287. The zero-order chi connectivity index (χ0) is 8.97. The molecule has 0 saturated heterocycles. The Morgan fingerprint density at radius 2 is 2.17 bits per heavy atom. The van der Waals surface area contributed by atoms with E-state index in [9.17, 15) is 0 Å². The van der Waals surface area contributed by atoms with Gasteiger partial charge in [0.05, 0.1) is 0 Å². The van der Waals surface area contributed by atoms with Crippen molar-refractivity contribution in [1.29, 1.82) is 0 Å². The first-order chi connectivity index (χ1) is 5.70. The molecule has 4 heteroatoms. The van der Waals surface area contributed by atoms with Gasteiger partial charge in [0.15, 0.2) is 5.11 Å². The Bertz CT molecular complexity index is 288. The second-order valence-electron chi connectivity index (χ2n) is 2.31. The zero-order valence-corrected chi connectivity index (χ0v) is 7.95. The van der Waals surface area contributed by atoms with Crippen LogP contribution in [-0.4, -0.2) is 5.11 Å². The van der Waals surface area contributed by atoms with Gasteiger partial charge in [-0.3, -0.25) is 0 Å². The molecule has 64 valence electrons. The Morgan fingerprint density at radius 1 is 1.50 bits per heavy atom. The summed E-state index contributed by atoms with van der Waals surface area (Å²) in [6, 6.07) is 7.56. The van der Waals surface area contributed by atoms with Crippen LogP contribution in [0, 0.1) is 0 Å². The van der Waals surface area contributed by atoms with Crippen LogP contribution in [0.4, 0.5) is 0 Å². The van der Waals surface area contributed by atoms with Crippen LogP contribution in [0.3, 0.4) is 0 Å². The van der Waals surface area contributed by atoms with E-state index in [1.165, 1.54) is 0 Å². The first-order valence-electron chi connectivity index (χ1n) is 3.47. The fourth-order valence-electron chi connectivity index (χ4n) is 0.824. The molecule has 1 aromatic rings. The second-order valence-corrected chi connectivity index (χ2v) is 3.16. The van der Waals surface area contributed by atoms with Crippen molar-refractivity contribution in [2.24, 2.45) is 5.73 Å². The van der Waals surface area contributed by atoms with Crippen molar-refractivity contribution in [1.82, 2.24) is 5.32 Å². The van der Waals surface area contributed by atoms with Gasteiger partial charge < -0.3 is 11.1 Å². The van der Waals surface area contributed by atoms with Crippen LogP contribution in [0.25, 0.3) is 0 Å². The Labute approximate surface area is 81.7 Å². The van der Waals surface area contributed by atoms with Crippen LogP contribution in [0.1, 0.15) is 5.56 Å². The summed E-state index contributed by atoms with van der Waals surface area (Å²) in [5.74, 6) is 0. The highest BCUT2D eigenvalue weighted by molar-refractivity contribution is 7.80. The van der Waals surface area contributed by atoms with Gasteiger partial charge >= 0.3 is 0 Å². The van der Waals surface area contributed by atoms with E-state index in [-0.39, 0.29) is 5.11 Å². The van der Waals surface area contributed by atoms with Gasteiger partial charge in [0.1, 0.15) is 0 Å². The zero-order valence-electron chi connectivity index (χ0n) is 6.38. The van der Waals surface area contributed by atoms with Crippen molar-refractivity contribution in [3.05, 3.63) is 34.9 Å². The van der Waals surface area contributed by atoms with E-state index in [0.717, 1.165) is 10.6 Å². The maximum absolute atomic E-state index is 5.88. The molecule has 0 unspecified atom stereocenters. The summed E-state index contributed by atoms with van der Waals surface area (Å²) in [6.45, 7) is 0.578. The fraction of sp³-hybridized carbons (Fsp3) is 0.125. The van der Waals surface area contributed by atoms with Crippen molar-refractivity contribution in [3.8, 4) is 0 Å². The molecule has 1 aromatic carbocycles. The van der Waals surface area contributed by atoms with Gasteiger partial charge in [-0.1, -0.05) is 29.8 Å². The molecule has 0 amide bonds. The number of nitrogens with two attached hydrogens (primary N) is 1. The van der Waals surface area contributed by atoms with Crippen molar-refractivity contribution < 1.29 is 0 Å². The molecular weight excluding hydrogens is 192 g/mol. The molecule has 0 atom stereocenters. The largest absolute Gasteiger partial charge is 0.376 e. The number of hydrogen-bond donors (Lipinski definition) is 2. The standard InChI is InChI=1S/C8H9ClN2S/c9-7-4-2-1-3-6(7)5-11-8(10)12/h1-4H,5H2,(H3,10,11,12). The van der Waals surface area contributed by atoms with Gasteiger partial charge in [-0.05, 0) is 23.8 Å². The maximum Gasteiger partial charge on any atom is 0.163 e. The third-order valence-corrected chi connectivity index (χ3v) is 1.92. The van der Waals surface area contributed by atoms with Gasteiger partial charge in [-0.2, -0.15) is 0 Å². The van der Waals surface area contributed by atoms with Crippen molar-refractivity contribution in [2.45, 2.75) is 6.54 Å². The highest BCUT2D eigenvalue weighted by Gasteiger charge is 1.97. The number of nitrogens with one attached hydrogen (secondary N) is 1. The molecule has 0 aliphatic carbocycles. The first-order valence-corrected chi connectivity index (χ1v) is 4.25. The van der Waals surface area contributed by atoms with E-state index in [1.54, 1.807) is 0 Å². The molecule has 0 aliphatic heterocycles.